The van der Waals surface area contributed by atoms with E-state index in [9.17, 15) is 27.7 Å². The zero-order valence-corrected chi connectivity index (χ0v) is 19.9. The zero-order chi connectivity index (χ0) is 25.0. The molecule has 0 unspecified atom stereocenters. The highest BCUT2D eigenvalue weighted by atomic mass is 35.5. The molecule has 0 aliphatic carbocycles. The summed E-state index contributed by atoms with van der Waals surface area (Å²) < 4.78 is 41.5. The Morgan fingerprint density at radius 1 is 1.06 bits per heavy atom. The molecule has 0 saturated heterocycles. The van der Waals surface area contributed by atoms with Crippen LogP contribution in [0.2, 0.25) is 5.02 Å². The monoisotopic (exact) mass is 505 g/mol. The van der Waals surface area contributed by atoms with Crippen LogP contribution in [-0.2, 0) is 14.8 Å². The van der Waals surface area contributed by atoms with Gasteiger partial charge >= 0.3 is 5.69 Å². The van der Waals surface area contributed by atoms with E-state index >= 15 is 0 Å². The number of sulfonamides is 1. The first-order valence-corrected chi connectivity index (χ1v) is 11.9. The minimum Gasteiger partial charge on any atom is -0.326 e. The van der Waals surface area contributed by atoms with Crippen LogP contribution in [0.15, 0.2) is 65.6 Å². The number of benzene rings is 3. The van der Waals surface area contributed by atoms with Gasteiger partial charge in [-0.15, -0.1) is 0 Å². The average Bonchev–Trinajstić information content (AvgIpc) is 2.74. The van der Waals surface area contributed by atoms with E-state index in [0.29, 0.717) is 10.7 Å². The average molecular weight is 506 g/mol. The van der Waals surface area contributed by atoms with Crippen LogP contribution in [0.4, 0.5) is 21.5 Å². The van der Waals surface area contributed by atoms with Crippen LogP contribution < -0.4 is 9.62 Å². The van der Waals surface area contributed by atoms with Gasteiger partial charge in [0, 0.05) is 29.7 Å². The van der Waals surface area contributed by atoms with Gasteiger partial charge < -0.3 is 5.32 Å². The fourth-order valence-corrected chi connectivity index (χ4v) is 4.95. The Kier molecular flexibility index (Phi) is 7.53. The van der Waals surface area contributed by atoms with Crippen molar-refractivity contribution >= 4 is 44.6 Å². The molecule has 0 fully saturated rings. The summed E-state index contributed by atoms with van der Waals surface area (Å²) in [6.45, 7) is 3.46. The van der Waals surface area contributed by atoms with E-state index in [1.807, 2.05) is 19.9 Å². The van der Waals surface area contributed by atoms with Gasteiger partial charge in [-0.05, 0) is 73.5 Å². The fraction of sp³-hybridized carbons (Fsp3) is 0.174. The highest BCUT2D eigenvalue weighted by Gasteiger charge is 2.26. The van der Waals surface area contributed by atoms with E-state index < -0.39 is 32.4 Å². The van der Waals surface area contributed by atoms with E-state index in [1.54, 1.807) is 12.1 Å². The van der Waals surface area contributed by atoms with Crippen LogP contribution >= 0.6 is 11.6 Å². The molecule has 0 aliphatic rings. The number of halogens is 2. The third-order valence-electron chi connectivity index (χ3n) is 4.86. The number of amides is 1. The normalized spacial score (nSPS) is 11.2. The van der Waals surface area contributed by atoms with Crippen LogP contribution in [0.5, 0.6) is 0 Å². The van der Waals surface area contributed by atoms with Gasteiger partial charge in [-0.3, -0.25) is 19.2 Å². The molecule has 1 amide bonds. The number of carbonyl (C=O) groups excluding carboxylic acids is 1. The van der Waals surface area contributed by atoms with Crippen molar-refractivity contribution in [1.29, 1.82) is 0 Å². The maximum absolute atomic E-state index is 13.5. The maximum Gasteiger partial charge on any atom is 0.306 e. The molecule has 0 aliphatic heterocycles. The second-order valence-electron chi connectivity index (χ2n) is 7.60. The van der Waals surface area contributed by atoms with Crippen LogP contribution in [-0.4, -0.2) is 25.8 Å². The second-order valence-corrected chi connectivity index (χ2v) is 9.90. The Labute approximate surface area is 201 Å². The molecule has 3 rings (SSSR count). The molecule has 34 heavy (non-hydrogen) atoms. The smallest absolute Gasteiger partial charge is 0.306 e. The number of nitro groups is 1. The van der Waals surface area contributed by atoms with Crippen molar-refractivity contribution in [2.45, 2.75) is 25.2 Å². The van der Waals surface area contributed by atoms with E-state index in [-0.39, 0.29) is 23.5 Å². The van der Waals surface area contributed by atoms with Crippen LogP contribution in [0.3, 0.4) is 0 Å². The van der Waals surface area contributed by atoms with Crippen molar-refractivity contribution in [3.63, 3.8) is 0 Å². The molecule has 0 atom stereocenters. The molecule has 0 radical (unpaired) electrons. The summed E-state index contributed by atoms with van der Waals surface area (Å²) in [5.41, 5.74) is 1.32. The lowest BCUT2D eigenvalue weighted by molar-refractivity contribution is -0.387. The predicted octanol–water partition coefficient (Wildman–Crippen LogP) is 5.23. The van der Waals surface area contributed by atoms with Crippen molar-refractivity contribution in [2.24, 2.45) is 0 Å². The molecule has 178 valence electrons. The van der Waals surface area contributed by atoms with Gasteiger partial charge in [0.05, 0.1) is 15.5 Å². The SMILES string of the molecule is Cc1cc(C)cc(N(CCC(=O)Nc2ccc(F)c([N+](=O)[O-])c2)S(=O)(=O)c2ccc(Cl)cc2)c1. The van der Waals surface area contributed by atoms with Crippen molar-refractivity contribution in [1.82, 2.24) is 0 Å². The van der Waals surface area contributed by atoms with Crippen molar-refractivity contribution < 1.29 is 22.5 Å². The molecule has 3 aromatic rings. The first-order valence-electron chi connectivity index (χ1n) is 10.1. The molecule has 11 heteroatoms. The van der Waals surface area contributed by atoms with E-state index in [0.717, 1.165) is 27.6 Å². The topological polar surface area (TPSA) is 110 Å². The van der Waals surface area contributed by atoms with Gasteiger partial charge in [0.1, 0.15) is 0 Å². The lowest BCUT2D eigenvalue weighted by Gasteiger charge is -2.25. The van der Waals surface area contributed by atoms with Crippen LogP contribution in [0.1, 0.15) is 17.5 Å². The molecular weight excluding hydrogens is 485 g/mol. The Bertz CT molecular complexity index is 1330. The number of nitrogens with one attached hydrogen (secondary N) is 1. The lowest BCUT2D eigenvalue weighted by atomic mass is 10.1. The summed E-state index contributed by atoms with van der Waals surface area (Å²) in [6.07, 6.45) is -0.259. The number of nitro benzene ring substituents is 1. The largest absolute Gasteiger partial charge is 0.326 e. The number of nitrogens with zero attached hydrogens (tertiary/aromatic N) is 2. The van der Waals surface area contributed by atoms with Gasteiger partial charge in [-0.25, -0.2) is 8.42 Å². The fourth-order valence-electron chi connectivity index (χ4n) is 3.37. The van der Waals surface area contributed by atoms with Crippen molar-refractivity contribution in [2.75, 3.05) is 16.2 Å². The maximum atomic E-state index is 13.5. The summed E-state index contributed by atoms with van der Waals surface area (Å²) in [5.74, 6) is -1.63. The quantitative estimate of drug-likeness (QED) is 0.333. The zero-order valence-electron chi connectivity index (χ0n) is 18.3. The first kappa shape index (κ1) is 25.1. The van der Waals surface area contributed by atoms with Gasteiger partial charge in [0.2, 0.25) is 11.7 Å². The number of hydrogen-bond donors (Lipinski definition) is 1. The molecule has 0 heterocycles. The number of hydrogen-bond acceptors (Lipinski definition) is 5. The lowest BCUT2D eigenvalue weighted by Crippen LogP contribution is -2.34. The van der Waals surface area contributed by atoms with E-state index in [4.69, 9.17) is 11.6 Å². The Morgan fingerprint density at radius 2 is 1.68 bits per heavy atom. The Morgan fingerprint density at radius 3 is 2.26 bits per heavy atom. The minimum atomic E-state index is -4.04. The number of anilines is 2. The highest BCUT2D eigenvalue weighted by Crippen LogP contribution is 2.27. The Hall–Kier alpha value is -3.50. The number of rotatable bonds is 8. The standard InChI is InChI=1S/C23H21ClFN3O5S/c1-15-11-16(2)13-19(12-15)27(34(32,33)20-6-3-17(24)4-7-20)10-9-23(29)26-18-5-8-21(25)22(14-18)28(30)31/h3-8,11-14H,9-10H2,1-2H3,(H,26,29). The first-order chi connectivity index (χ1) is 16.0. The summed E-state index contributed by atoms with van der Waals surface area (Å²) in [5, 5.41) is 13.7. The van der Waals surface area contributed by atoms with Crippen LogP contribution in [0.25, 0.3) is 0 Å². The molecule has 3 aromatic carbocycles. The molecule has 0 spiro atoms. The molecule has 0 aromatic heterocycles. The number of aryl methyl sites for hydroxylation is 2. The molecule has 8 nitrogen and oxygen atoms in total. The molecule has 0 saturated carbocycles. The third-order valence-corrected chi connectivity index (χ3v) is 6.96. The third kappa shape index (κ3) is 5.89. The minimum absolute atomic E-state index is 0.00521. The Balaban J connectivity index is 1.87. The predicted molar refractivity (Wildman–Crippen MR) is 128 cm³/mol. The van der Waals surface area contributed by atoms with E-state index in [2.05, 4.69) is 5.32 Å². The second kappa shape index (κ2) is 10.2. The van der Waals surface area contributed by atoms with Gasteiger partial charge in [-0.2, -0.15) is 4.39 Å². The van der Waals surface area contributed by atoms with E-state index in [1.165, 1.54) is 30.3 Å². The van der Waals surface area contributed by atoms with Gasteiger partial charge in [-0.1, -0.05) is 17.7 Å². The molecule has 0 bridgehead atoms. The molecular formula is C23H21ClFN3O5S. The van der Waals surface area contributed by atoms with Crippen molar-refractivity contribution in [3.05, 3.63) is 92.7 Å². The summed E-state index contributed by atoms with van der Waals surface area (Å²) in [7, 11) is -4.04. The van der Waals surface area contributed by atoms with Gasteiger partial charge in [0.15, 0.2) is 0 Å². The highest BCUT2D eigenvalue weighted by molar-refractivity contribution is 7.92. The van der Waals surface area contributed by atoms with Crippen molar-refractivity contribution in [3.8, 4) is 0 Å². The summed E-state index contributed by atoms with van der Waals surface area (Å²) in [4.78, 5) is 22.6. The van der Waals surface area contributed by atoms with Crippen LogP contribution in [0, 0.1) is 29.8 Å². The molecule has 1 N–H and O–H groups in total. The summed E-state index contributed by atoms with van der Waals surface area (Å²) in [6, 6.07) is 13.9. The summed E-state index contributed by atoms with van der Waals surface area (Å²) >= 11 is 5.89. The number of carbonyl (C=O) groups is 1. The van der Waals surface area contributed by atoms with Gasteiger partial charge in [0.25, 0.3) is 10.0 Å².